The summed E-state index contributed by atoms with van der Waals surface area (Å²) in [5, 5.41) is 0. The third-order valence-electron chi connectivity index (χ3n) is 3.78. The normalized spacial score (nSPS) is 16.1. The van der Waals surface area contributed by atoms with Crippen LogP contribution in [0.1, 0.15) is 5.69 Å². The number of aromatic nitrogens is 1. The average Bonchev–Trinajstić information content (AvgIpc) is 2.49. The molecule has 0 aliphatic carbocycles. The van der Waals surface area contributed by atoms with Gasteiger partial charge in [0.25, 0.3) is 0 Å². The molecule has 110 valence electrons. The molecule has 1 aromatic heterocycles. The Kier molecular flexibility index (Phi) is 4.01. The number of piperazine rings is 1. The van der Waals surface area contributed by atoms with Crippen molar-refractivity contribution >= 4 is 11.5 Å². The van der Waals surface area contributed by atoms with Crippen molar-refractivity contribution in [2.45, 2.75) is 6.54 Å². The van der Waals surface area contributed by atoms with Crippen LogP contribution in [0, 0.1) is 5.82 Å². The minimum absolute atomic E-state index is 0.190. The Labute approximate surface area is 124 Å². The van der Waals surface area contributed by atoms with Crippen LogP contribution in [-0.4, -0.2) is 36.1 Å². The quantitative estimate of drug-likeness (QED) is 0.939. The van der Waals surface area contributed by atoms with Crippen LogP contribution < -0.4 is 10.6 Å². The van der Waals surface area contributed by atoms with Crippen molar-refractivity contribution in [3.05, 3.63) is 54.0 Å². The van der Waals surface area contributed by atoms with Crippen LogP contribution in [0.15, 0.2) is 42.5 Å². The zero-order valence-electron chi connectivity index (χ0n) is 11.9. The molecule has 0 bridgehead atoms. The van der Waals surface area contributed by atoms with E-state index in [-0.39, 0.29) is 5.82 Å². The number of hydrogen-bond acceptors (Lipinski definition) is 4. The van der Waals surface area contributed by atoms with Gasteiger partial charge in [0.1, 0.15) is 11.6 Å². The number of halogens is 1. The highest BCUT2D eigenvalue weighted by atomic mass is 19.1. The predicted molar refractivity (Wildman–Crippen MR) is 82.5 cm³/mol. The van der Waals surface area contributed by atoms with Crippen molar-refractivity contribution in [3.8, 4) is 0 Å². The molecule has 2 N–H and O–H groups in total. The van der Waals surface area contributed by atoms with E-state index in [2.05, 4.69) is 14.8 Å². The van der Waals surface area contributed by atoms with E-state index in [9.17, 15) is 4.39 Å². The number of pyridine rings is 1. The van der Waals surface area contributed by atoms with Crippen LogP contribution in [0.4, 0.5) is 15.9 Å². The average molecular weight is 286 g/mol. The molecule has 21 heavy (non-hydrogen) atoms. The van der Waals surface area contributed by atoms with Gasteiger partial charge < -0.3 is 10.6 Å². The first-order valence-electron chi connectivity index (χ1n) is 7.15. The second kappa shape index (κ2) is 6.10. The molecule has 2 heterocycles. The molecule has 1 aliphatic heterocycles. The zero-order chi connectivity index (χ0) is 14.7. The fourth-order valence-electron chi connectivity index (χ4n) is 2.63. The molecule has 0 saturated carbocycles. The molecule has 4 nitrogen and oxygen atoms in total. The van der Waals surface area contributed by atoms with Crippen LogP contribution in [0.2, 0.25) is 0 Å². The molecular formula is C16H19FN4. The maximum absolute atomic E-state index is 12.9. The summed E-state index contributed by atoms with van der Waals surface area (Å²) in [5.74, 6) is 0.377. The lowest BCUT2D eigenvalue weighted by Gasteiger charge is -2.36. The Morgan fingerprint density at radius 1 is 1.00 bits per heavy atom. The number of benzene rings is 1. The number of nitrogens with zero attached hydrogens (tertiary/aromatic N) is 3. The summed E-state index contributed by atoms with van der Waals surface area (Å²) in [7, 11) is 0. The van der Waals surface area contributed by atoms with Crippen LogP contribution in [0.5, 0.6) is 0 Å². The molecule has 1 aliphatic rings. The minimum atomic E-state index is -0.190. The molecule has 5 heteroatoms. The van der Waals surface area contributed by atoms with E-state index >= 15 is 0 Å². The highest BCUT2D eigenvalue weighted by Crippen LogP contribution is 2.17. The Bertz CT molecular complexity index is 591. The summed E-state index contributed by atoms with van der Waals surface area (Å²) in [6, 6.07) is 12.4. The highest BCUT2D eigenvalue weighted by molar-refractivity contribution is 5.46. The van der Waals surface area contributed by atoms with Crippen LogP contribution in [0.3, 0.4) is 0 Å². The molecule has 3 rings (SSSR count). The minimum Gasteiger partial charge on any atom is -0.384 e. The summed E-state index contributed by atoms with van der Waals surface area (Å²) in [6.45, 7) is 4.63. The predicted octanol–water partition coefficient (Wildman–Crippen LogP) is 2.13. The van der Waals surface area contributed by atoms with E-state index < -0.39 is 0 Å². The summed E-state index contributed by atoms with van der Waals surface area (Å²) in [4.78, 5) is 8.98. The van der Waals surface area contributed by atoms with Gasteiger partial charge >= 0.3 is 0 Å². The second-order valence-electron chi connectivity index (χ2n) is 5.29. The van der Waals surface area contributed by atoms with Crippen LogP contribution >= 0.6 is 0 Å². The SMILES string of the molecule is Nc1cccc(CN2CCN(c3ccc(F)cc3)CC2)n1. The van der Waals surface area contributed by atoms with Crippen molar-refractivity contribution in [2.24, 2.45) is 0 Å². The lowest BCUT2D eigenvalue weighted by atomic mass is 10.2. The summed E-state index contributed by atoms with van der Waals surface area (Å²) >= 11 is 0. The van der Waals surface area contributed by atoms with Gasteiger partial charge in [0.2, 0.25) is 0 Å². The first kappa shape index (κ1) is 13.8. The largest absolute Gasteiger partial charge is 0.384 e. The highest BCUT2D eigenvalue weighted by Gasteiger charge is 2.17. The summed E-state index contributed by atoms with van der Waals surface area (Å²) in [6.07, 6.45) is 0. The van der Waals surface area contributed by atoms with Crippen LogP contribution in [-0.2, 0) is 6.54 Å². The van der Waals surface area contributed by atoms with E-state index in [0.29, 0.717) is 5.82 Å². The fraction of sp³-hybridized carbons (Fsp3) is 0.312. The van der Waals surface area contributed by atoms with Crippen molar-refractivity contribution in [3.63, 3.8) is 0 Å². The lowest BCUT2D eigenvalue weighted by molar-refractivity contribution is 0.247. The van der Waals surface area contributed by atoms with E-state index in [1.54, 1.807) is 6.07 Å². The first-order chi connectivity index (χ1) is 10.2. The Balaban J connectivity index is 1.56. The van der Waals surface area contributed by atoms with Gasteiger partial charge in [-0.05, 0) is 36.4 Å². The number of nitrogens with two attached hydrogens (primary N) is 1. The third kappa shape index (κ3) is 3.49. The monoisotopic (exact) mass is 286 g/mol. The zero-order valence-corrected chi connectivity index (χ0v) is 11.9. The number of anilines is 2. The van der Waals surface area contributed by atoms with Crippen LogP contribution in [0.25, 0.3) is 0 Å². The van der Waals surface area contributed by atoms with Gasteiger partial charge in [-0.1, -0.05) is 6.07 Å². The van der Waals surface area contributed by atoms with E-state index in [1.807, 2.05) is 24.3 Å². The molecule has 0 radical (unpaired) electrons. The first-order valence-corrected chi connectivity index (χ1v) is 7.15. The van der Waals surface area contributed by atoms with E-state index in [4.69, 9.17) is 5.73 Å². The molecule has 0 spiro atoms. The molecule has 1 fully saturated rings. The number of hydrogen-bond donors (Lipinski definition) is 1. The number of rotatable bonds is 3. The standard InChI is InChI=1S/C16H19FN4/c17-13-4-6-15(7-5-13)21-10-8-20(9-11-21)12-14-2-1-3-16(18)19-14/h1-7H,8-12H2,(H2,18,19). The van der Waals surface area contributed by atoms with Crippen molar-refractivity contribution in [1.29, 1.82) is 0 Å². The smallest absolute Gasteiger partial charge is 0.123 e. The molecule has 1 aromatic carbocycles. The summed E-state index contributed by atoms with van der Waals surface area (Å²) in [5.41, 5.74) is 7.79. The molecule has 0 atom stereocenters. The lowest BCUT2D eigenvalue weighted by Crippen LogP contribution is -2.46. The second-order valence-corrected chi connectivity index (χ2v) is 5.29. The van der Waals surface area contributed by atoms with E-state index in [1.165, 1.54) is 12.1 Å². The Hall–Kier alpha value is -2.14. The van der Waals surface area contributed by atoms with Gasteiger partial charge in [0, 0.05) is 38.4 Å². The van der Waals surface area contributed by atoms with Gasteiger partial charge in [-0.15, -0.1) is 0 Å². The maximum Gasteiger partial charge on any atom is 0.123 e. The molecule has 1 saturated heterocycles. The van der Waals surface area contributed by atoms with Crippen molar-refractivity contribution in [2.75, 3.05) is 36.8 Å². The van der Waals surface area contributed by atoms with Gasteiger partial charge in [0.05, 0.1) is 5.69 Å². The maximum atomic E-state index is 12.9. The van der Waals surface area contributed by atoms with Crippen molar-refractivity contribution < 1.29 is 4.39 Å². The molecule has 2 aromatic rings. The van der Waals surface area contributed by atoms with E-state index in [0.717, 1.165) is 44.1 Å². The van der Waals surface area contributed by atoms with Gasteiger partial charge in [-0.2, -0.15) is 0 Å². The third-order valence-corrected chi connectivity index (χ3v) is 3.78. The Morgan fingerprint density at radius 2 is 1.71 bits per heavy atom. The van der Waals surface area contributed by atoms with Gasteiger partial charge in [-0.25, -0.2) is 9.37 Å². The molecular weight excluding hydrogens is 267 g/mol. The molecule has 0 unspecified atom stereocenters. The van der Waals surface area contributed by atoms with Gasteiger partial charge in [-0.3, -0.25) is 4.90 Å². The van der Waals surface area contributed by atoms with Crippen molar-refractivity contribution in [1.82, 2.24) is 9.88 Å². The Morgan fingerprint density at radius 3 is 2.38 bits per heavy atom. The molecule has 0 amide bonds. The summed E-state index contributed by atoms with van der Waals surface area (Å²) < 4.78 is 12.9. The topological polar surface area (TPSA) is 45.4 Å². The van der Waals surface area contributed by atoms with Gasteiger partial charge in [0.15, 0.2) is 0 Å². The number of nitrogen functional groups attached to an aromatic ring is 1. The fourth-order valence-corrected chi connectivity index (χ4v) is 2.63.